The molecule has 0 unspecified atom stereocenters. The summed E-state index contributed by atoms with van der Waals surface area (Å²) in [4.78, 5) is 0. The van der Waals surface area contributed by atoms with E-state index in [9.17, 15) is 5.11 Å². The Morgan fingerprint density at radius 3 is 2.69 bits per heavy atom. The Labute approximate surface area is 77.1 Å². The summed E-state index contributed by atoms with van der Waals surface area (Å²) in [5, 5.41) is 9.57. The Balaban J connectivity index is 2.43. The van der Waals surface area contributed by atoms with E-state index in [1.807, 2.05) is 6.07 Å². The molecule has 0 atom stereocenters. The van der Waals surface area contributed by atoms with E-state index < -0.39 is 0 Å². The lowest BCUT2D eigenvalue weighted by Crippen LogP contribution is -2.18. The SMILES string of the molecule is COc1ccc(O)c(C2(N)CC2)c1. The van der Waals surface area contributed by atoms with E-state index in [1.54, 1.807) is 19.2 Å². The van der Waals surface area contributed by atoms with Crippen molar-refractivity contribution >= 4 is 0 Å². The number of phenolic OH excluding ortho intramolecular Hbond substituents is 1. The molecule has 0 heterocycles. The fraction of sp³-hybridized carbons (Fsp3) is 0.400. The van der Waals surface area contributed by atoms with Gasteiger partial charge in [0.1, 0.15) is 11.5 Å². The quantitative estimate of drug-likeness (QED) is 0.720. The molecular weight excluding hydrogens is 166 g/mol. The first kappa shape index (κ1) is 8.38. The van der Waals surface area contributed by atoms with E-state index in [1.165, 1.54) is 0 Å². The Hall–Kier alpha value is -1.22. The van der Waals surface area contributed by atoms with Crippen LogP contribution in [0.25, 0.3) is 0 Å². The molecule has 3 N–H and O–H groups in total. The smallest absolute Gasteiger partial charge is 0.120 e. The van der Waals surface area contributed by atoms with Gasteiger partial charge in [-0.15, -0.1) is 0 Å². The Morgan fingerprint density at radius 1 is 1.46 bits per heavy atom. The van der Waals surface area contributed by atoms with Gasteiger partial charge < -0.3 is 15.6 Å². The number of aromatic hydroxyl groups is 1. The van der Waals surface area contributed by atoms with E-state index in [4.69, 9.17) is 10.5 Å². The molecule has 1 aromatic rings. The maximum atomic E-state index is 9.57. The van der Waals surface area contributed by atoms with Gasteiger partial charge in [-0.05, 0) is 31.0 Å². The van der Waals surface area contributed by atoms with Crippen molar-refractivity contribution in [3.8, 4) is 11.5 Å². The fourth-order valence-corrected chi connectivity index (χ4v) is 1.44. The van der Waals surface area contributed by atoms with Gasteiger partial charge in [0.05, 0.1) is 7.11 Å². The van der Waals surface area contributed by atoms with Crippen LogP contribution in [-0.2, 0) is 5.54 Å². The maximum absolute atomic E-state index is 9.57. The molecule has 1 aromatic carbocycles. The number of phenols is 1. The molecule has 1 aliphatic carbocycles. The van der Waals surface area contributed by atoms with Gasteiger partial charge in [-0.1, -0.05) is 0 Å². The Morgan fingerprint density at radius 2 is 2.15 bits per heavy atom. The lowest BCUT2D eigenvalue weighted by atomic mass is 10.0. The molecule has 0 saturated heterocycles. The molecule has 1 aliphatic rings. The minimum Gasteiger partial charge on any atom is -0.508 e. The normalized spacial score (nSPS) is 18.3. The van der Waals surface area contributed by atoms with E-state index in [-0.39, 0.29) is 11.3 Å². The highest BCUT2D eigenvalue weighted by Gasteiger charge is 2.42. The van der Waals surface area contributed by atoms with Crippen molar-refractivity contribution in [1.82, 2.24) is 0 Å². The van der Waals surface area contributed by atoms with Crippen LogP contribution in [0.4, 0.5) is 0 Å². The number of ether oxygens (including phenoxy) is 1. The predicted octanol–water partition coefficient (Wildman–Crippen LogP) is 1.35. The first-order valence-electron chi connectivity index (χ1n) is 4.32. The summed E-state index contributed by atoms with van der Waals surface area (Å²) in [6.07, 6.45) is 1.88. The van der Waals surface area contributed by atoms with E-state index >= 15 is 0 Å². The lowest BCUT2D eigenvalue weighted by Gasteiger charge is -2.12. The predicted molar refractivity (Wildman–Crippen MR) is 49.8 cm³/mol. The third-order valence-corrected chi connectivity index (χ3v) is 2.53. The largest absolute Gasteiger partial charge is 0.508 e. The fourth-order valence-electron chi connectivity index (χ4n) is 1.44. The third kappa shape index (κ3) is 1.35. The number of hydrogen-bond acceptors (Lipinski definition) is 3. The highest BCUT2D eigenvalue weighted by molar-refractivity contribution is 5.45. The number of nitrogens with two attached hydrogens (primary N) is 1. The van der Waals surface area contributed by atoms with E-state index in [0.717, 1.165) is 24.2 Å². The Kier molecular flexibility index (Phi) is 1.70. The minimum atomic E-state index is -0.307. The molecule has 1 fully saturated rings. The number of hydrogen-bond donors (Lipinski definition) is 2. The van der Waals surface area contributed by atoms with Crippen LogP contribution in [0.15, 0.2) is 18.2 Å². The second-order valence-corrected chi connectivity index (χ2v) is 3.54. The van der Waals surface area contributed by atoms with Crippen molar-refractivity contribution in [3.05, 3.63) is 23.8 Å². The third-order valence-electron chi connectivity index (χ3n) is 2.53. The summed E-state index contributed by atoms with van der Waals surface area (Å²) in [5.41, 5.74) is 6.47. The summed E-state index contributed by atoms with van der Waals surface area (Å²) in [5.74, 6) is 1.00. The highest BCUT2D eigenvalue weighted by atomic mass is 16.5. The second kappa shape index (κ2) is 2.64. The van der Waals surface area contributed by atoms with Gasteiger partial charge in [-0.3, -0.25) is 0 Å². The van der Waals surface area contributed by atoms with Gasteiger partial charge in [0.2, 0.25) is 0 Å². The van der Waals surface area contributed by atoms with Crippen LogP contribution in [0.1, 0.15) is 18.4 Å². The second-order valence-electron chi connectivity index (χ2n) is 3.54. The molecule has 0 radical (unpaired) electrons. The van der Waals surface area contributed by atoms with E-state index in [0.29, 0.717) is 0 Å². The van der Waals surface area contributed by atoms with Crippen molar-refractivity contribution in [1.29, 1.82) is 0 Å². The van der Waals surface area contributed by atoms with Crippen molar-refractivity contribution in [3.63, 3.8) is 0 Å². The molecule has 70 valence electrons. The summed E-state index contributed by atoms with van der Waals surface area (Å²) in [6, 6.07) is 5.16. The van der Waals surface area contributed by atoms with Crippen LogP contribution in [0.2, 0.25) is 0 Å². The molecule has 3 nitrogen and oxygen atoms in total. The molecule has 0 aliphatic heterocycles. The average molecular weight is 179 g/mol. The number of rotatable bonds is 2. The van der Waals surface area contributed by atoms with Gasteiger partial charge >= 0.3 is 0 Å². The summed E-state index contributed by atoms with van der Waals surface area (Å²) >= 11 is 0. The highest BCUT2D eigenvalue weighted by Crippen LogP contribution is 2.47. The Bertz CT molecular complexity index is 332. The minimum absolute atomic E-state index is 0.265. The van der Waals surface area contributed by atoms with Crippen LogP contribution in [0.5, 0.6) is 11.5 Å². The number of benzene rings is 1. The molecular formula is C10H13NO2. The molecule has 3 heteroatoms. The zero-order valence-corrected chi connectivity index (χ0v) is 7.58. The van der Waals surface area contributed by atoms with Gasteiger partial charge in [-0.2, -0.15) is 0 Å². The average Bonchev–Trinajstić information content (AvgIpc) is 2.86. The molecule has 0 aromatic heterocycles. The van der Waals surface area contributed by atoms with Gasteiger partial charge in [0.25, 0.3) is 0 Å². The first-order valence-corrected chi connectivity index (χ1v) is 4.32. The lowest BCUT2D eigenvalue weighted by molar-refractivity contribution is 0.409. The van der Waals surface area contributed by atoms with Crippen LogP contribution >= 0.6 is 0 Å². The zero-order valence-electron chi connectivity index (χ0n) is 7.58. The van der Waals surface area contributed by atoms with Crippen molar-refractivity contribution in [2.75, 3.05) is 7.11 Å². The molecule has 0 bridgehead atoms. The molecule has 1 saturated carbocycles. The van der Waals surface area contributed by atoms with Crippen LogP contribution in [-0.4, -0.2) is 12.2 Å². The molecule has 2 rings (SSSR count). The molecule has 0 spiro atoms. The van der Waals surface area contributed by atoms with Crippen molar-refractivity contribution in [2.45, 2.75) is 18.4 Å². The van der Waals surface area contributed by atoms with Crippen LogP contribution < -0.4 is 10.5 Å². The van der Waals surface area contributed by atoms with Crippen LogP contribution in [0, 0.1) is 0 Å². The zero-order chi connectivity index (χ0) is 9.47. The van der Waals surface area contributed by atoms with Crippen molar-refractivity contribution in [2.24, 2.45) is 5.73 Å². The van der Waals surface area contributed by atoms with E-state index in [2.05, 4.69) is 0 Å². The van der Waals surface area contributed by atoms with Crippen LogP contribution in [0.3, 0.4) is 0 Å². The summed E-state index contributed by atoms with van der Waals surface area (Å²) < 4.78 is 5.07. The maximum Gasteiger partial charge on any atom is 0.120 e. The first-order chi connectivity index (χ1) is 6.15. The number of methoxy groups -OCH3 is 1. The topological polar surface area (TPSA) is 55.5 Å². The van der Waals surface area contributed by atoms with Gasteiger partial charge in [-0.25, -0.2) is 0 Å². The summed E-state index contributed by atoms with van der Waals surface area (Å²) in [6.45, 7) is 0. The van der Waals surface area contributed by atoms with Crippen molar-refractivity contribution < 1.29 is 9.84 Å². The van der Waals surface area contributed by atoms with Gasteiger partial charge in [0, 0.05) is 11.1 Å². The molecule has 13 heavy (non-hydrogen) atoms. The summed E-state index contributed by atoms with van der Waals surface area (Å²) in [7, 11) is 1.60. The van der Waals surface area contributed by atoms with Gasteiger partial charge in [0.15, 0.2) is 0 Å². The monoisotopic (exact) mass is 179 g/mol. The molecule has 0 amide bonds. The standard InChI is InChI=1S/C10H13NO2/c1-13-7-2-3-9(12)8(6-7)10(11)4-5-10/h2-3,6,12H,4-5,11H2,1H3.